The van der Waals surface area contributed by atoms with Crippen LogP contribution in [0.1, 0.15) is 0 Å². The molecule has 0 saturated carbocycles. The van der Waals surface area contributed by atoms with E-state index in [-0.39, 0.29) is 0 Å². The molecule has 0 atom stereocenters. The van der Waals surface area contributed by atoms with E-state index in [0.29, 0.717) is 23.1 Å². The van der Waals surface area contributed by atoms with E-state index in [1.807, 2.05) is 18.3 Å². The average molecular weight is 436 g/mol. The molecule has 0 radical (unpaired) electrons. The molecule has 1 aliphatic rings. The van der Waals surface area contributed by atoms with E-state index >= 15 is 0 Å². The molecule has 0 bridgehead atoms. The molecule has 0 aliphatic carbocycles. The van der Waals surface area contributed by atoms with Gasteiger partial charge in [0.05, 0.1) is 28.4 Å². The maximum atomic E-state index is 5.56. The lowest BCUT2D eigenvalue weighted by Gasteiger charge is -2.29. The van der Waals surface area contributed by atoms with Crippen molar-refractivity contribution in [3.05, 3.63) is 48.7 Å². The summed E-state index contributed by atoms with van der Waals surface area (Å²) in [5.41, 5.74) is 5.04. The fraction of sp³-hybridized carbons (Fsp3) is 0.320. The normalized spacial score (nSPS) is 13.6. The lowest BCUT2D eigenvalue weighted by atomic mass is 10.0. The molecule has 0 spiro atoms. The Bertz CT molecular complexity index is 1040. The fourth-order valence-corrected chi connectivity index (χ4v) is 4.00. The van der Waals surface area contributed by atoms with Gasteiger partial charge in [-0.3, -0.25) is 0 Å². The molecule has 7 heteroatoms. The molecule has 2 aromatic carbocycles. The largest absolute Gasteiger partial charge is 0.493 e. The van der Waals surface area contributed by atoms with E-state index in [9.17, 15) is 0 Å². The number of aromatic nitrogens is 1. The number of pyridine rings is 1. The number of nitrogens with one attached hydrogen (secondary N) is 1. The van der Waals surface area contributed by atoms with Crippen molar-refractivity contribution in [3.8, 4) is 45.4 Å². The van der Waals surface area contributed by atoms with Crippen LogP contribution in [0, 0.1) is 0 Å². The van der Waals surface area contributed by atoms with Crippen molar-refractivity contribution in [1.82, 2.24) is 10.3 Å². The highest BCUT2D eigenvalue weighted by Crippen LogP contribution is 2.43. The molecule has 1 N–H and O–H groups in total. The summed E-state index contributed by atoms with van der Waals surface area (Å²) in [7, 11) is 6.42. The summed E-state index contributed by atoms with van der Waals surface area (Å²) < 4.78 is 22.1. The summed E-state index contributed by atoms with van der Waals surface area (Å²) in [4.78, 5) is 6.96. The molecule has 1 aliphatic heterocycles. The maximum Gasteiger partial charge on any atom is 0.221 e. The third-order valence-corrected chi connectivity index (χ3v) is 5.70. The first-order valence-corrected chi connectivity index (χ1v) is 10.6. The van der Waals surface area contributed by atoms with Gasteiger partial charge in [-0.05, 0) is 41.5 Å². The molecule has 0 unspecified atom stereocenters. The minimum atomic E-state index is 0.528. The Morgan fingerprint density at radius 2 is 1.41 bits per heavy atom. The number of piperazine rings is 1. The molecule has 2 heterocycles. The summed E-state index contributed by atoms with van der Waals surface area (Å²) in [5, 5.41) is 3.39. The molecular formula is C25H29N3O4. The molecule has 168 valence electrons. The monoisotopic (exact) mass is 435 g/mol. The van der Waals surface area contributed by atoms with Crippen molar-refractivity contribution >= 4 is 5.69 Å². The number of hydrogen-bond donors (Lipinski definition) is 1. The van der Waals surface area contributed by atoms with E-state index in [4.69, 9.17) is 18.9 Å². The molecule has 7 nitrogen and oxygen atoms in total. The van der Waals surface area contributed by atoms with Crippen LogP contribution in [0.3, 0.4) is 0 Å². The number of anilines is 1. The number of nitrogens with zero attached hydrogens (tertiary/aromatic N) is 2. The maximum absolute atomic E-state index is 5.56. The second-order valence-corrected chi connectivity index (χ2v) is 7.48. The summed E-state index contributed by atoms with van der Waals surface area (Å²) in [6, 6.07) is 14.5. The Labute approximate surface area is 188 Å². The van der Waals surface area contributed by atoms with Crippen LogP contribution >= 0.6 is 0 Å². The molecule has 3 aromatic rings. The van der Waals surface area contributed by atoms with E-state index in [1.54, 1.807) is 28.4 Å². The minimum absolute atomic E-state index is 0.528. The first-order chi connectivity index (χ1) is 15.7. The van der Waals surface area contributed by atoms with Crippen LogP contribution in [-0.2, 0) is 0 Å². The third kappa shape index (κ3) is 4.29. The van der Waals surface area contributed by atoms with Gasteiger partial charge in [-0.25, -0.2) is 4.98 Å². The third-order valence-electron chi connectivity index (χ3n) is 5.70. The highest BCUT2D eigenvalue weighted by molar-refractivity contribution is 5.79. The second kappa shape index (κ2) is 9.78. The van der Waals surface area contributed by atoms with Crippen molar-refractivity contribution in [2.75, 3.05) is 59.5 Å². The van der Waals surface area contributed by atoms with Crippen molar-refractivity contribution in [2.45, 2.75) is 0 Å². The van der Waals surface area contributed by atoms with Crippen LogP contribution in [0.4, 0.5) is 5.69 Å². The molecule has 1 fully saturated rings. The smallest absolute Gasteiger partial charge is 0.221 e. The summed E-state index contributed by atoms with van der Waals surface area (Å²) in [6.07, 6.45) is 1.83. The van der Waals surface area contributed by atoms with Crippen LogP contribution in [0.25, 0.3) is 22.3 Å². The number of rotatable bonds is 7. The lowest BCUT2D eigenvalue weighted by Crippen LogP contribution is -2.43. The Morgan fingerprint density at radius 1 is 0.750 bits per heavy atom. The Hall–Kier alpha value is -3.45. The lowest BCUT2D eigenvalue weighted by molar-refractivity contribution is 0.324. The van der Waals surface area contributed by atoms with Gasteiger partial charge in [0.25, 0.3) is 0 Å². The summed E-state index contributed by atoms with van der Waals surface area (Å²) in [5.74, 6) is 2.23. The van der Waals surface area contributed by atoms with Gasteiger partial charge in [0.15, 0.2) is 11.5 Å². The van der Waals surface area contributed by atoms with Gasteiger partial charge in [0.1, 0.15) is 0 Å². The Morgan fingerprint density at radius 3 is 1.97 bits per heavy atom. The molecule has 32 heavy (non-hydrogen) atoms. The van der Waals surface area contributed by atoms with Crippen molar-refractivity contribution < 1.29 is 18.9 Å². The molecule has 1 saturated heterocycles. The highest BCUT2D eigenvalue weighted by atomic mass is 16.5. The summed E-state index contributed by atoms with van der Waals surface area (Å²) in [6.45, 7) is 4.08. The number of benzene rings is 2. The van der Waals surface area contributed by atoms with Gasteiger partial charge in [-0.2, -0.15) is 0 Å². The van der Waals surface area contributed by atoms with E-state index in [2.05, 4.69) is 45.5 Å². The number of methoxy groups -OCH3 is 4. The van der Waals surface area contributed by atoms with E-state index in [0.717, 1.165) is 48.4 Å². The van der Waals surface area contributed by atoms with Crippen molar-refractivity contribution in [3.63, 3.8) is 0 Å². The SMILES string of the molecule is COc1cc(-c2cc(-c3ccc(N4CCNCC4)cc3)cnc2OC)cc(OC)c1OC. The fourth-order valence-electron chi connectivity index (χ4n) is 4.00. The van der Waals surface area contributed by atoms with E-state index < -0.39 is 0 Å². The van der Waals surface area contributed by atoms with Crippen molar-refractivity contribution in [1.29, 1.82) is 0 Å². The van der Waals surface area contributed by atoms with Crippen LogP contribution in [-0.4, -0.2) is 59.6 Å². The standard InChI is InChI=1S/C25H29N3O4/c1-29-22-14-18(15-23(30-2)24(22)31-3)21-13-19(16-27-25(21)32-4)17-5-7-20(8-6-17)28-11-9-26-10-12-28/h5-8,13-16,26H,9-12H2,1-4H3. The quantitative estimate of drug-likeness (QED) is 0.605. The Balaban J connectivity index is 1.72. The second-order valence-electron chi connectivity index (χ2n) is 7.48. The Kier molecular flexibility index (Phi) is 6.66. The molecule has 1 aromatic heterocycles. The average Bonchev–Trinajstić information content (AvgIpc) is 2.88. The minimum Gasteiger partial charge on any atom is -0.493 e. The van der Waals surface area contributed by atoms with Gasteiger partial charge >= 0.3 is 0 Å². The van der Waals surface area contributed by atoms with Gasteiger partial charge in [0.2, 0.25) is 11.6 Å². The van der Waals surface area contributed by atoms with Gasteiger partial charge in [-0.15, -0.1) is 0 Å². The molecular weight excluding hydrogens is 406 g/mol. The summed E-state index contributed by atoms with van der Waals surface area (Å²) >= 11 is 0. The number of hydrogen-bond acceptors (Lipinski definition) is 7. The number of ether oxygens (including phenoxy) is 4. The first-order valence-electron chi connectivity index (χ1n) is 10.6. The van der Waals surface area contributed by atoms with E-state index in [1.165, 1.54) is 5.69 Å². The van der Waals surface area contributed by atoms with Crippen molar-refractivity contribution in [2.24, 2.45) is 0 Å². The van der Waals surface area contributed by atoms with Crippen LogP contribution in [0.15, 0.2) is 48.7 Å². The zero-order valence-electron chi connectivity index (χ0n) is 19.0. The molecule has 4 rings (SSSR count). The van der Waals surface area contributed by atoms with Crippen LogP contribution in [0.5, 0.6) is 23.1 Å². The van der Waals surface area contributed by atoms with Crippen LogP contribution < -0.4 is 29.2 Å². The topological polar surface area (TPSA) is 65.1 Å². The van der Waals surface area contributed by atoms with Gasteiger partial charge in [-0.1, -0.05) is 12.1 Å². The van der Waals surface area contributed by atoms with Gasteiger partial charge < -0.3 is 29.2 Å². The molecule has 0 amide bonds. The van der Waals surface area contributed by atoms with Crippen LogP contribution in [0.2, 0.25) is 0 Å². The zero-order valence-corrected chi connectivity index (χ0v) is 19.0. The van der Waals surface area contributed by atoms with Gasteiger partial charge in [0, 0.05) is 49.2 Å². The zero-order chi connectivity index (χ0) is 22.5. The highest BCUT2D eigenvalue weighted by Gasteiger charge is 2.18. The first kappa shape index (κ1) is 21.8. The predicted molar refractivity (Wildman–Crippen MR) is 126 cm³/mol. The predicted octanol–water partition coefficient (Wildman–Crippen LogP) is 3.86.